The topological polar surface area (TPSA) is 136 Å². The van der Waals surface area contributed by atoms with Gasteiger partial charge in [0.05, 0.1) is 6.61 Å². The third-order valence-corrected chi connectivity index (χ3v) is 2.56. The normalized spacial score (nSPS) is 19.0. The number of rotatable bonds is 5. The predicted molar refractivity (Wildman–Crippen MR) is 61.0 cm³/mol. The van der Waals surface area contributed by atoms with Crippen LogP contribution in [0.25, 0.3) is 0 Å². The molecule has 0 saturated carbocycles. The molecule has 0 bridgehead atoms. The quantitative estimate of drug-likeness (QED) is 0.423. The Bertz CT molecular complexity index is 433. The summed E-state index contributed by atoms with van der Waals surface area (Å²) >= 11 is 0. The van der Waals surface area contributed by atoms with Crippen LogP contribution >= 0.6 is 0 Å². The van der Waals surface area contributed by atoms with Crippen molar-refractivity contribution in [2.75, 3.05) is 13.2 Å². The fraction of sp³-hybridized carbons (Fsp3) is 0.600. The first kappa shape index (κ1) is 14.9. The van der Waals surface area contributed by atoms with Gasteiger partial charge in [0.25, 0.3) is 5.91 Å². The van der Waals surface area contributed by atoms with Crippen LogP contribution in [0.4, 0.5) is 4.79 Å². The van der Waals surface area contributed by atoms with E-state index in [0.717, 1.165) is 0 Å². The summed E-state index contributed by atoms with van der Waals surface area (Å²) in [5, 5.41) is 21.8. The van der Waals surface area contributed by atoms with Crippen LogP contribution in [-0.4, -0.2) is 63.7 Å². The van der Waals surface area contributed by atoms with Crippen LogP contribution in [0.15, 0.2) is 0 Å². The fourth-order valence-electron chi connectivity index (χ4n) is 1.53. The number of carbonyl (C=O) groups excluding carboxylic acids is 3. The number of imide groups is 1. The number of hydrogen-bond acceptors (Lipinski definition) is 5. The van der Waals surface area contributed by atoms with Crippen LogP contribution in [0.5, 0.6) is 0 Å². The average molecular weight is 273 g/mol. The summed E-state index contributed by atoms with van der Waals surface area (Å²) in [6, 6.07) is -2.19. The molecule has 0 aromatic heterocycles. The number of carboxylic acids is 1. The van der Waals surface area contributed by atoms with Gasteiger partial charge >= 0.3 is 12.0 Å². The molecule has 0 aromatic carbocycles. The molecule has 1 saturated heterocycles. The molecular weight excluding hydrogens is 258 g/mol. The van der Waals surface area contributed by atoms with E-state index in [1.165, 1.54) is 13.8 Å². The Morgan fingerprint density at radius 3 is 2.37 bits per heavy atom. The van der Waals surface area contributed by atoms with Gasteiger partial charge in [0.1, 0.15) is 18.1 Å². The molecule has 4 N–H and O–H groups in total. The molecule has 1 fully saturated rings. The second kappa shape index (κ2) is 5.22. The summed E-state index contributed by atoms with van der Waals surface area (Å²) in [6.45, 7) is 1.59. The second-order valence-electron chi connectivity index (χ2n) is 4.59. The summed E-state index contributed by atoms with van der Waals surface area (Å²) in [4.78, 5) is 46.0. The first-order chi connectivity index (χ1) is 8.69. The van der Waals surface area contributed by atoms with Crippen molar-refractivity contribution in [3.05, 3.63) is 0 Å². The Kier molecular flexibility index (Phi) is 4.10. The maximum absolute atomic E-state index is 11.8. The third-order valence-electron chi connectivity index (χ3n) is 2.56. The molecular formula is C10H15N3O6. The molecule has 19 heavy (non-hydrogen) atoms. The predicted octanol–water partition coefficient (Wildman–Crippen LogP) is -2.12. The summed E-state index contributed by atoms with van der Waals surface area (Å²) in [6.07, 6.45) is 0. The van der Waals surface area contributed by atoms with Crippen LogP contribution in [0.1, 0.15) is 13.8 Å². The van der Waals surface area contributed by atoms with Crippen molar-refractivity contribution in [2.45, 2.75) is 25.4 Å². The number of aliphatic hydroxyl groups excluding tert-OH is 1. The maximum atomic E-state index is 11.8. The van der Waals surface area contributed by atoms with E-state index >= 15 is 0 Å². The molecule has 1 aliphatic heterocycles. The molecule has 1 unspecified atom stereocenters. The Morgan fingerprint density at radius 2 is 2.00 bits per heavy atom. The number of nitrogens with zero attached hydrogens (tertiary/aromatic N) is 1. The van der Waals surface area contributed by atoms with E-state index in [1.807, 2.05) is 5.32 Å². The van der Waals surface area contributed by atoms with Crippen LogP contribution in [0.3, 0.4) is 0 Å². The van der Waals surface area contributed by atoms with Crippen molar-refractivity contribution in [3.8, 4) is 0 Å². The van der Waals surface area contributed by atoms with E-state index in [-0.39, 0.29) is 0 Å². The van der Waals surface area contributed by atoms with Gasteiger partial charge in [0.2, 0.25) is 5.91 Å². The highest BCUT2D eigenvalue weighted by atomic mass is 16.4. The van der Waals surface area contributed by atoms with Gasteiger partial charge in [-0.3, -0.25) is 14.5 Å². The molecule has 0 spiro atoms. The van der Waals surface area contributed by atoms with Gasteiger partial charge in [-0.1, -0.05) is 0 Å². The molecule has 9 heteroatoms. The average Bonchev–Trinajstić information content (AvgIpc) is 2.48. The number of aliphatic carboxylic acids is 1. The first-order valence-electron chi connectivity index (χ1n) is 5.46. The van der Waals surface area contributed by atoms with E-state index in [2.05, 4.69) is 5.32 Å². The van der Waals surface area contributed by atoms with Crippen LogP contribution in [-0.2, 0) is 14.4 Å². The van der Waals surface area contributed by atoms with Gasteiger partial charge in [0.15, 0.2) is 0 Å². The summed E-state index contributed by atoms with van der Waals surface area (Å²) in [5.74, 6) is -2.83. The summed E-state index contributed by atoms with van der Waals surface area (Å²) in [7, 11) is 0. The van der Waals surface area contributed by atoms with Crippen molar-refractivity contribution in [1.29, 1.82) is 0 Å². The van der Waals surface area contributed by atoms with E-state index < -0.39 is 48.5 Å². The molecule has 106 valence electrons. The zero-order chi connectivity index (χ0) is 14.8. The van der Waals surface area contributed by atoms with Crippen LogP contribution < -0.4 is 10.6 Å². The Balaban J connectivity index is 2.65. The van der Waals surface area contributed by atoms with E-state index in [1.54, 1.807) is 0 Å². The molecule has 0 aliphatic carbocycles. The lowest BCUT2D eigenvalue weighted by molar-refractivity contribution is -0.143. The smallest absolute Gasteiger partial charge is 0.328 e. The van der Waals surface area contributed by atoms with Crippen molar-refractivity contribution >= 4 is 23.8 Å². The Labute approximate surface area is 108 Å². The van der Waals surface area contributed by atoms with Crippen molar-refractivity contribution in [1.82, 2.24) is 15.5 Å². The minimum atomic E-state index is -1.47. The Hall–Kier alpha value is -2.16. The zero-order valence-corrected chi connectivity index (χ0v) is 10.5. The van der Waals surface area contributed by atoms with Crippen LogP contribution in [0.2, 0.25) is 0 Å². The number of nitrogens with one attached hydrogen (secondary N) is 2. The van der Waals surface area contributed by atoms with Gasteiger partial charge in [-0.05, 0) is 13.8 Å². The number of carbonyl (C=O) groups is 4. The fourth-order valence-corrected chi connectivity index (χ4v) is 1.53. The van der Waals surface area contributed by atoms with Gasteiger partial charge in [-0.25, -0.2) is 9.59 Å². The highest BCUT2D eigenvalue weighted by Crippen LogP contribution is 2.15. The number of hydrogen-bond donors (Lipinski definition) is 4. The standard InChI is InChI=1S/C10H15N3O6/c1-10(2)8(18)13(9(19)12-10)3-6(15)11-5(4-14)7(16)17/h5,14H,3-4H2,1-2H3,(H,11,15)(H,12,19)(H,16,17). The minimum Gasteiger partial charge on any atom is -0.480 e. The highest BCUT2D eigenvalue weighted by molar-refractivity contribution is 6.08. The van der Waals surface area contributed by atoms with Crippen molar-refractivity contribution in [3.63, 3.8) is 0 Å². The third kappa shape index (κ3) is 3.19. The van der Waals surface area contributed by atoms with Crippen LogP contribution in [0, 0.1) is 0 Å². The van der Waals surface area contributed by atoms with E-state index in [4.69, 9.17) is 10.2 Å². The molecule has 1 heterocycles. The van der Waals surface area contributed by atoms with Gasteiger partial charge in [-0.2, -0.15) is 0 Å². The lowest BCUT2D eigenvalue weighted by atomic mass is 10.1. The van der Waals surface area contributed by atoms with Crippen molar-refractivity contribution in [2.24, 2.45) is 0 Å². The second-order valence-corrected chi connectivity index (χ2v) is 4.59. The zero-order valence-electron chi connectivity index (χ0n) is 10.5. The van der Waals surface area contributed by atoms with Gasteiger partial charge in [-0.15, -0.1) is 0 Å². The van der Waals surface area contributed by atoms with Gasteiger partial charge < -0.3 is 20.8 Å². The molecule has 0 aromatic rings. The highest BCUT2D eigenvalue weighted by Gasteiger charge is 2.45. The van der Waals surface area contributed by atoms with E-state index in [0.29, 0.717) is 4.90 Å². The molecule has 9 nitrogen and oxygen atoms in total. The molecule has 4 amide bonds. The minimum absolute atomic E-state index is 0.580. The number of urea groups is 1. The molecule has 1 aliphatic rings. The monoisotopic (exact) mass is 273 g/mol. The lowest BCUT2D eigenvalue weighted by Gasteiger charge is -2.17. The summed E-state index contributed by atoms with van der Waals surface area (Å²) in [5.41, 5.74) is -1.10. The molecule has 1 rings (SSSR count). The largest absolute Gasteiger partial charge is 0.480 e. The molecule has 0 radical (unpaired) electrons. The number of aliphatic hydroxyl groups is 1. The maximum Gasteiger partial charge on any atom is 0.328 e. The lowest BCUT2D eigenvalue weighted by Crippen LogP contribution is -2.49. The first-order valence-corrected chi connectivity index (χ1v) is 5.46. The number of amides is 4. The summed E-state index contributed by atoms with van der Waals surface area (Å²) < 4.78 is 0. The molecule has 1 atom stereocenters. The van der Waals surface area contributed by atoms with Crippen molar-refractivity contribution < 1.29 is 29.4 Å². The Morgan fingerprint density at radius 1 is 1.42 bits per heavy atom. The SMILES string of the molecule is CC1(C)NC(=O)N(CC(=O)NC(CO)C(=O)O)C1=O. The number of carboxylic acid groups (broad SMARTS) is 1. The van der Waals surface area contributed by atoms with E-state index in [9.17, 15) is 19.2 Å². The van der Waals surface area contributed by atoms with Gasteiger partial charge in [0, 0.05) is 0 Å².